The number of nitrogens with two attached hydrogens (primary N) is 1. The van der Waals surface area contributed by atoms with Crippen molar-refractivity contribution >= 4 is 17.7 Å². The van der Waals surface area contributed by atoms with Gasteiger partial charge in [0.2, 0.25) is 11.1 Å². The molecule has 1 amide bonds. The van der Waals surface area contributed by atoms with E-state index in [0.29, 0.717) is 35.3 Å². The summed E-state index contributed by atoms with van der Waals surface area (Å²) in [4.78, 5) is 15.0. The summed E-state index contributed by atoms with van der Waals surface area (Å²) in [7, 11) is 0. The number of likely N-dealkylation sites (tertiary alicyclic amines) is 1. The van der Waals surface area contributed by atoms with Crippen LogP contribution < -0.4 is 10.6 Å². The number of benzene rings is 1. The smallest absolute Gasteiger partial charge is 0.233 e. The molecule has 2 atom stereocenters. The van der Waals surface area contributed by atoms with Gasteiger partial charge < -0.3 is 15.5 Å². The van der Waals surface area contributed by atoms with Crippen molar-refractivity contribution in [3.63, 3.8) is 0 Å². The van der Waals surface area contributed by atoms with Crippen LogP contribution in [0.1, 0.15) is 45.4 Å². The first-order valence-corrected chi connectivity index (χ1v) is 11.5. The van der Waals surface area contributed by atoms with Gasteiger partial charge in [-0.25, -0.2) is 4.68 Å². The molecular formula is C21H29N5O2S. The third-order valence-electron chi connectivity index (χ3n) is 5.98. The zero-order valence-electron chi connectivity index (χ0n) is 16.9. The van der Waals surface area contributed by atoms with Crippen molar-refractivity contribution in [2.75, 3.05) is 24.7 Å². The van der Waals surface area contributed by atoms with Crippen LogP contribution in [0, 0.1) is 5.92 Å². The van der Waals surface area contributed by atoms with Gasteiger partial charge in [-0.3, -0.25) is 4.79 Å². The van der Waals surface area contributed by atoms with E-state index < -0.39 is 0 Å². The van der Waals surface area contributed by atoms with E-state index in [4.69, 9.17) is 10.6 Å². The van der Waals surface area contributed by atoms with Crippen molar-refractivity contribution in [3.05, 3.63) is 24.3 Å². The van der Waals surface area contributed by atoms with Crippen LogP contribution >= 0.6 is 11.8 Å². The number of fused-ring (bicyclic) bond motifs is 1. The molecule has 2 aromatic rings. The van der Waals surface area contributed by atoms with Crippen molar-refractivity contribution in [1.29, 1.82) is 0 Å². The second kappa shape index (κ2) is 9.07. The van der Waals surface area contributed by atoms with Gasteiger partial charge in [0.25, 0.3) is 0 Å². The Bertz CT molecular complexity index is 836. The summed E-state index contributed by atoms with van der Waals surface area (Å²) in [6.45, 7) is 3.46. The van der Waals surface area contributed by atoms with Crippen LogP contribution in [0.4, 0.5) is 0 Å². The van der Waals surface area contributed by atoms with E-state index in [1.807, 2.05) is 31.2 Å². The second-order valence-electron chi connectivity index (χ2n) is 7.76. The van der Waals surface area contributed by atoms with Gasteiger partial charge in [0.05, 0.1) is 12.4 Å². The molecule has 1 aromatic heterocycles. The fraction of sp³-hybridized carbons (Fsp3) is 0.571. The number of amides is 1. The van der Waals surface area contributed by atoms with E-state index in [2.05, 4.69) is 15.1 Å². The summed E-state index contributed by atoms with van der Waals surface area (Å²) in [5.74, 6) is 8.83. The van der Waals surface area contributed by atoms with E-state index in [1.165, 1.54) is 42.1 Å². The van der Waals surface area contributed by atoms with Gasteiger partial charge in [-0.05, 0) is 62.8 Å². The SMILES string of the molecule is CCOc1ccc(-c2nnc(SCC(=O)N3CCCC4CCCCC43)n2N)cc1. The molecule has 8 heteroatoms. The lowest BCUT2D eigenvalue weighted by Crippen LogP contribution is -2.50. The zero-order chi connectivity index (χ0) is 20.2. The van der Waals surface area contributed by atoms with Gasteiger partial charge in [0.15, 0.2) is 5.82 Å². The number of ether oxygens (including phenoxy) is 1. The summed E-state index contributed by atoms with van der Waals surface area (Å²) >= 11 is 1.36. The number of carbonyl (C=O) groups is 1. The minimum absolute atomic E-state index is 0.192. The second-order valence-corrected chi connectivity index (χ2v) is 8.71. The van der Waals surface area contributed by atoms with Crippen molar-refractivity contribution < 1.29 is 9.53 Å². The maximum atomic E-state index is 12.9. The highest BCUT2D eigenvalue weighted by atomic mass is 32.2. The summed E-state index contributed by atoms with van der Waals surface area (Å²) in [6, 6.07) is 8.03. The van der Waals surface area contributed by atoms with Gasteiger partial charge in [-0.1, -0.05) is 24.6 Å². The van der Waals surface area contributed by atoms with Gasteiger partial charge in [0.1, 0.15) is 5.75 Å². The number of thioether (sulfide) groups is 1. The molecule has 1 aliphatic carbocycles. The summed E-state index contributed by atoms with van der Waals surface area (Å²) in [5, 5.41) is 8.97. The lowest BCUT2D eigenvalue weighted by atomic mass is 9.78. The number of nitrogen functional groups attached to an aromatic ring is 1. The molecule has 4 rings (SSSR count). The molecule has 0 bridgehead atoms. The summed E-state index contributed by atoms with van der Waals surface area (Å²) < 4.78 is 6.94. The van der Waals surface area contributed by atoms with Crippen LogP contribution in [-0.2, 0) is 4.79 Å². The Hall–Kier alpha value is -2.22. The predicted octanol–water partition coefficient (Wildman–Crippen LogP) is 3.33. The Morgan fingerprint density at radius 1 is 1.17 bits per heavy atom. The number of nitrogens with zero attached hydrogens (tertiary/aromatic N) is 4. The van der Waals surface area contributed by atoms with Crippen molar-refractivity contribution in [2.45, 2.75) is 56.6 Å². The molecule has 0 spiro atoms. The van der Waals surface area contributed by atoms with E-state index in [0.717, 1.165) is 30.7 Å². The van der Waals surface area contributed by atoms with E-state index in [1.54, 1.807) is 0 Å². The fourth-order valence-corrected chi connectivity index (χ4v) is 5.33. The van der Waals surface area contributed by atoms with Gasteiger partial charge >= 0.3 is 0 Å². The van der Waals surface area contributed by atoms with Crippen LogP contribution in [0.25, 0.3) is 11.4 Å². The third kappa shape index (κ3) is 4.37. The molecule has 29 heavy (non-hydrogen) atoms. The molecule has 2 N–H and O–H groups in total. The summed E-state index contributed by atoms with van der Waals surface area (Å²) in [5.41, 5.74) is 0.864. The number of hydrogen-bond donors (Lipinski definition) is 1. The Kier molecular flexibility index (Phi) is 6.28. The monoisotopic (exact) mass is 415 g/mol. The fourth-order valence-electron chi connectivity index (χ4n) is 4.58. The Morgan fingerprint density at radius 2 is 1.93 bits per heavy atom. The quantitative estimate of drug-likeness (QED) is 0.575. The molecule has 2 aliphatic rings. The number of hydrogen-bond acceptors (Lipinski definition) is 6. The third-order valence-corrected chi connectivity index (χ3v) is 6.90. The first-order chi connectivity index (χ1) is 14.2. The van der Waals surface area contributed by atoms with E-state index >= 15 is 0 Å². The van der Waals surface area contributed by atoms with Crippen LogP contribution in [-0.4, -0.2) is 50.6 Å². The Labute approximate surface area is 176 Å². The highest BCUT2D eigenvalue weighted by Gasteiger charge is 2.35. The Balaban J connectivity index is 1.39. The van der Waals surface area contributed by atoms with E-state index in [9.17, 15) is 4.79 Å². The van der Waals surface area contributed by atoms with E-state index in [-0.39, 0.29) is 5.91 Å². The zero-order valence-corrected chi connectivity index (χ0v) is 17.7. The molecule has 0 radical (unpaired) electrons. The molecule has 1 aliphatic heterocycles. The van der Waals surface area contributed by atoms with Gasteiger partial charge in [-0.15, -0.1) is 10.2 Å². The standard InChI is InChI=1S/C21H29N5O2S/c1-2-28-17-11-9-16(10-12-17)20-23-24-21(26(20)22)29-14-19(27)25-13-5-7-15-6-3-4-8-18(15)25/h9-12,15,18H,2-8,13-14,22H2,1H3. The lowest BCUT2D eigenvalue weighted by molar-refractivity contribution is -0.134. The molecule has 2 heterocycles. The summed E-state index contributed by atoms with van der Waals surface area (Å²) in [6.07, 6.45) is 7.35. The Morgan fingerprint density at radius 3 is 2.72 bits per heavy atom. The normalized spacial score (nSPS) is 21.6. The molecule has 1 saturated carbocycles. The number of piperidine rings is 1. The highest BCUT2D eigenvalue weighted by molar-refractivity contribution is 7.99. The van der Waals surface area contributed by atoms with Crippen LogP contribution in [0.15, 0.2) is 29.4 Å². The molecular weight excluding hydrogens is 386 g/mol. The minimum Gasteiger partial charge on any atom is -0.494 e. The van der Waals surface area contributed by atoms with Crippen molar-refractivity contribution in [2.24, 2.45) is 5.92 Å². The molecule has 1 saturated heterocycles. The highest BCUT2D eigenvalue weighted by Crippen LogP contribution is 2.35. The topological polar surface area (TPSA) is 86.3 Å². The number of rotatable bonds is 6. The van der Waals surface area contributed by atoms with Crippen LogP contribution in [0.2, 0.25) is 0 Å². The molecule has 7 nitrogen and oxygen atoms in total. The van der Waals surface area contributed by atoms with Crippen LogP contribution in [0.3, 0.4) is 0 Å². The average molecular weight is 416 g/mol. The first-order valence-electron chi connectivity index (χ1n) is 10.5. The van der Waals surface area contributed by atoms with Gasteiger partial charge in [-0.2, -0.15) is 0 Å². The molecule has 156 valence electrons. The van der Waals surface area contributed by atoms with Crippen molar-refractivity contribution in [3.8, 4) is 17.1 Å². The van der Waals surface area contributed by atoms with Gasteiger partial charge in [0, 0.05) is 18.2 Å². The lowest BCUT2D eigenvalue weighted by Gasteiger charge is -2.44. The molecule has 1 aromatic carbocycles. The number of carbonyl (C=O) groups excluding carboxylic acids is 1. The maximum Gasteiger partial charge on any atom is 0.233 e. The van der Waals surface area contributed by atoms with Crippen molar-refractivity contribution in [1.82, 2.24) is 19.8 Å². The largest absolute Gasteiger partial charge is 0.494 e. The first kappa shape index (κ1) is 20.1. The minimum atomic E-state index is 0.192. The predicted molar refractivity (Wildman–Crippen MR) is 114 cm³/mol. The molecule has 2 fully saturated rings. The maximum absolute atomic E-state index is 12.9. The van der Waals surface area contributed by atoms with Crippen LogP contribution in [0.5, 0.6) is 5.75 Å². The average Bonchev–Trinajstić information content (AvgIpc) is 3.12. The molecule has 2 unspecified atom stereocenters. The number of aromatic nitrogens is 3.